The summed E-state index contributed by atoms with van der Waals surface area (Å²) in [6.07, 6.45) is 1.99. The molecular weight excluding hydrogens is 248 g/mol. The van der Waals surface area contributed by atoms with Crippen LogP contribution in [0.1, 0.15) is 38.4 Å². The number of benzene rings is 1. The molecule has 0 fully saturated rings. The zero-order valence-corrected chi connectivity index (χ0v) is 12.9. The average molecular weight is 272 g/mol. The predicted molar refractivity (Wildman–Crippen MR) is 85.8 cm³/mol. The van der Waals surface area contributed by atoms with E-state index in [0.29, 0.717) is 0 Å². The molecule has 0 spiro atoms. The van der Waals surface area contributed by atoms with Gasteiger partial charge in [0.2, 0.25) is 0 Å². The molecule has 0 saturated heterocycles. The van der Waals surface area contributed by atoms with Gasteiger partial charge in [-0.15, -0.1) is 0 Å². The lowest BCUT2D eigenvalue weighted by Gasteiger charge is -2.17. The smallest absolute Gasteiger partial charge is 0.145 e. The van der Waals surface area contributed by atoms with Crippen LogP contribution in [0, 0.1) is 6.92 Å². The Morgan fingerprint density at radius 1 is 1.20 bits per heavy atom. The minimum Gasteiger partial charge on any atom is -0.491 e. The number of fused-ring (bicyclic) bond motifs is 1. The highest BCUT2D eigenvalue weighted by molar-refractivity contribution is 5.96. The average Bonchev–Trinajstić information content (AvgIpc) is 2.45. The number of aromatic nitrogens is 1. The summed E-state index contributed by atoms with van der Waals surface area (Å²) in [5.74, 6) is 0.884. The van der Waals surface area contributed by atoms with Crippen molar-refractivity contribution < 1.29 is 4.74 Å². The lowest BCUT2D eigenvalue weighted by Crippen LogP contribution is -2.06. The molecule has 1 aromatic carbocycles. The summed E-state index contributed by atoms with van der Waals surface area (Å²) in [6.45, 7) is 10.1. The monoisotopic (exact) mass is 272 g/mol. The highest BCUT2D eigenvalue weighted by atomic mass is 16.5. The molecule has 20 heavy (non-hydrogen) atoms. The number of aryl methyl sites for hydroxylation is 1. The highest BCUT2D eigenvalue weighted by Gasteiger charge is 2.13. The van der Waals surface area contributed by atoms with E-state index in [1.54, 1.807) is 0 Å². The van der Waals surface area contributed by atoms with Crippen molar-refractivity contribution in [2.75, 3.05) is 18.5 Å². The number of hydrogen-bond acceptors (Lipinski definition) is 3. The SMILES string of the molecule is CCCOc1cccc2c(NCC)c(CC)c(C)nc12. The van der Waals surface area contributed by atoms with Gasteiger partial charge < -0.3 is 10.1 Å². The van der Waals surface area contributed by atoms with Crippen LogP contribution < -0.4 is 10.1 Å². The van der Waals surface area contributed by atoms with E-state index in [9.17, 15) is 0 Å². The van der Waals surface area contributed by atoms with E-state index in [-0.39, 0.29) is 0 Å². The third-order valence-electron chi connectivity index (χ3n) is 3.46. The topological polar surface area (TPSA) is 34.1 Å². The zero-order chi connectivity index (χ0) is 14.5. The predicted octanol–water partition coefficient (Wildman–Crippen LogP) is 4.33. The van der Waals surface area contributed by atoms with Crippen molar-refractivity contribution in [3.05, 3.63) is 29.5 Å². The molecule has 2 aromatic rings. The lowest BCUT2D eigenvalue weighted by atomic mass is 10.0. The van der Waals surface area contributed by atoms with Crippen LogP contribution in [0.15, 0.2) is 18.2 Å². The number of nitrogens with zero attached hydrogens (tertiary/aromatic N) is 1. The second-order valence-corrected chi connectivity index (χ2v) is 4.94. The minimum atomic E-state index is 0.728. The first-order valence-corrected chi connectivity index (χ1v) is 7.51. The number of nitrogens with one attached hydrogen (secondary N) is 1. The van der Waals surface area contributed by atoms with E-state index < -0.39 is 0 Å². The van der Waals surface area contributed by atoms with Crippen LogP contribution in [-0.4, -0.2) is 18.1 Å². The highest BCUT2D eigenvalue weighted by Crippen LogP contribution is 2.33. The number of para-hydroxylation sites is 1. The van der Waals surface area contributed by atoms with Crippen LogP contribution in [0.4, 0.5) is 5.69 Å². The summed E-state index contributed by atoms with van der Waals surface area (Å²) in [5, 5.41) is 4.65. The van der Waals surface area contributed by atoms with Crippen molar-refractivity contribution in [1.82, 2.24) is 4.98 Å². The number of hydrogen-bond donors (Lipinski definition) is 1. The van der Waals surface area contributed by atoms with Crippen LogP contribution in [-0.2, 0) is 6.42 Å². The molecule has 0 aliphatic carbocycles. The van der Waals surface area contributed by atoms with Gasteiger partial charge in [0, 0.05) is 23.3 Å². The molecule has 0 aliphatic rings. The summed E-state index contributed by atoms with van der Waals surface area (Å²) in [6, 6.07) is 6.17. The van der Waals surface area contributed by atoms with E-state index in [2.05, 4.69) is 39.1 Å². The van der Waals surface area contributed by atoms with Gasteiger partial charge in [0.05, 0.1) is 6.61 Å². The van der Waals surface area contributed by atoms with Gasteiger partial charge in [-0.05, 0) is 38.3 Å². The molecule has 2 rings (SSSR count). The normalized spacial score (nSPS) is 10.8. The summed E-state index contributed by atoms with van der Waals surface area (Å²) < 4.78 is 5.84. The van der Waals surface area contributed by atoms with Gasteiger partial charge in [-0.3, -0.25) is 0 Å². The second kappa shape index (κ2) is 6.60. The number of ether oxygens (including phenoxy) is 1. The Labute approximate surface area is 121 Å². The summed E-state index contributed by atoms with van der Waals surface area (Å²) in [7, 11) is 0. The number of rotatable bonds is 6. The largest absolute Gasteiger partial charge is 0.491 e. The van der Waals surface area contributed by atoms with Crippen molar-refractivity contribution in [2.24, 2.45) is 0 Å². The second-order valence-electron chi connectivity index (χ2n) is 4.94. The molecule has 1 aromatic heterocycles. The Morgan fingerprint density at radius 2 is 2.00 bits per heavy atom. The minimum absolute atomic E-state index is 0.728. The van der Waals surface area contributed by atoms with E-state index in [4.69, 9.17) is 9.72 Å². The molecule has 0 saturated carbocycles. The Morgan fingerprint density at radius 3 is 2.65 bits per heavy atom. The first-order chi connectivity index (χ1) is 9.72. The van der Waals surface area contributed by atoms with Gasteiger partial charge in [-0.25, -0.2) is 4.98 Å². The first kappa shape index (κ1) is 14.6. The molecule has 3 nitrogen and oxygen atoms in total. The fourth-order valence-corrected chi connectivity index (χ4v) is 2.56. The van der Waals surface area contributed by atoms with Gasteiger partial charge in [-0.1, -0.05) is 26.0 Å². The van der Waals surface area contributed by atoms with E-state index in [1.165, 1.54) is 11.3 Å². The van der Waals surface area contributed by atoms with Crippen molar-refractivity contribution in [3.63, 3.8) is 0 Å². The van der Waals surface area contributed by atoms with E-state index >= 15 is 0 Å². The molecule has 0 amide bonds. The van der Waals surface area contributed by atoms with Crippen molar-refractivity contribution in [3.8, 4) is 5.75 Å². The van der Waals surface area contributed by atoms with Crippen molar-refractivity contribution >= 4 is 16.6 Å². The van der Waals surface area contributed by atoms with Gasteiger partial charge >= 0.3 is 0 Å². The van der Waals surface area contributed by atoms with Crippen LogP contribution in [0.5, 0.6) is 5.75 Å². The zero-order valence-electron chi connectivity index (χ0n) is 12.9. The van der Waals surface area contributed by atoms with Crippen LogP contribution in [0.25, 0.3) is 10.9 Å². The van der Waals surface area contributed by atoms with Crippen LogP contribution in [0.3, 0.4) is 0 Å². The lowest BCUT2D eigenvalue weighted by molar-refractivity contribution is 0.320. The molecule has 0 radical (unpaired) electrons. The third-order valence-corrected chi connectivity index (χ3v) is 3.46. The van der Waals surface area contributed by atoms with E-state index in [1.807, 2.05) is 12.1 Å². The third kappa shape index (κ3) is 2.72. The quantitative estimate of drug-likeness (QED) is 0.850. The Hall–Kier alpha value is -1.77. The number of anilines is 1. The maximum atomic E-state index is 5.84. The molecule has 1 N–H and O–H groups in total. The van der Waals surface area contributed by atoms with Gasteiger partial charge in [-0.2, -0.15) is 0 Å². The van der Waals surface area contributed by atoms with Crippen molar-refractivity contribution in [1.29, 1.82) is 0 Å². The van der Waals surface area contributed by atoms with Crippen LogP contribution >= 0.6 is 0 Å². The molecule has 1 heterocycles. The molecule has 108 valence electrons. The first-order valence-electron chi connectivity index (χ1n) is 7.51. The Bertz CT molecular complexity index is 593. The van der Waals surface area contributed by atoms with Gasteiger partial charge in [0.1, 0.15) is 11.3 Å². The van der Waals surface area contributed by atoms with Crippen molar-refractivity contribution in [2.45, 2.75) is 40.5 Å². The van der Waals surface area contributed by atoms with E-state index in [0.717, 1.165) is 48.3 Å². The maximum absolute atomic E-state index is 5.84. The van der Waals surface area contributed by atoms with Gasteiger partial charge in [0.15, 0.2) is 0 Å². The molecule has 0 atom stereocenters. The summed E-state index contributed by atoms with van der Waals surface area (Å²) in [5.41, 5.74) is 4.56. The molecule has 0 unspecified atom stereocenters. The summed E-state index contributed by atoms with van der Waals surface area (Å²) in [4.78, 5) is 4.78. The molecule has 0 aliphatic heterocycles. The van der Waals surface area contributed by atoms with Gasteiger partial charge in [0.25, 0.3) is 0 Å². The van der Waals surface area contributed by atoms with Crippen LogP contribution in [0.2, 0.25) is 0 Å². The molecule has 3 heteroatoms. The summed E-state index contributed by atoms with van der Waals surface area (Å²) >= 11 is 0. The Balaban J connectivity index is 2.65. The number of pyridine rings is 1. The Kier molecular flexibility index (Phi) is 4.83. The standard InChI is InChI=1S/C17H24N2O/c1-5-11-20-15-10-8-9-14-16(18-7-3)13(6-2)12(4)19-17(14)15/h8-10H,5-7,11H2,1-4H3,(H,18,19). The molecule has 0 bridgehead atoms. The maximum Gasteiger partial charge on any atom is 0.145 e. The molecular formula is C17H24N2O. The fraction of sp³-hybridized carbons (Fsp3) is 0.471. The fourth-order valence-electron chi connectivity index (χ4n) is 2.56.